The van der Waals surface area contributed by atoms with Gasteiger partial charge in [0.15, 0.2) is 16.7 Å². The van der Waals surface area contributed by atoms with Crippen LogP contribution in [-0.2, 0) is 30.7 Å². The maximum Gasteiger partial charge on any atom is 0.166 e. The molecule has 0 fully saturated rings. The van der Waals surface area contributed by atoms with Gasteiger partial charge >= 0.3 is 0 Å². The van der Waals surface area contributed by atoms with E-state index in [0.29, 0.717) is 18.2 Å². The van der Waals surface area contributed by atoms with E-state index in [-0.39, 0.29) is 0 Å². The number of nitrogens with one attached hydrogen (secondary N) is 2. The van der Waals surface area contributed by atoms with Crippen LogP contribution in [-0.4, -0.2) is 67.5 Å². The number of unbranched alkanes of at least 4 members (excludes halogenated alkanes) is 2. The van der Waals surface area contributed by atoms with Crippen molar-refractivity contribution in [1.82, 2.24) is 39.7 Å². The number of nitrogens with zero attached hydrogens (tertiary/aromatic N) is 6. The molecule has 266 valence electrons. The number of hydrogen-bond donors (Lipinski definition) is 5. The molecule has 0 unspecified atom stereocenters. The molecule has 2 aromatic carbocycles. The Labute approximate surface area is 299 Å². The molecule has 8 N–H and O–H groups in total. The number of anilines is 2. The number of fused-ring (bicyclic) bond motifs is 6. The average molecular weight is 698 g/mol. The lowest BCUT2D eigenvalue weighted by molar-refractivity contribution is 0.199. The molecule has 0 atom stereocenters. The number of rotatable bonds is 15. The van der Waals surface area contributed by atoms with Crippen molar-refractivity contribution in [2.45, 2.75) is 71.9 Å². The normalized spacial score (nSPS) is 11.4. The van der Waals surface area contributed by atoms with Crippen LogP contribution in [0.2, 0.25) is 0 Å². The first-order chi connectivity index (χ1) is 24.4. The van der Waals surface area contributed by atoms with Crippen LogP contribution in [0.5, 0.6) is 0 Å². The van der Waals surface area contributed by atoms with Crippen molar-refractivity contribution in [3.63, 3.8) is 0 Å². The first-order valence-corrected chi connectivity index (χ1v) is 18.1. The van der Waals surface area contributed by atoms with Crippen molar-refractivity contribution < 1.29 is 4.74 Å². The van der Waals surface area contributed by atoms with Crippen molar-refractivity contribution in [3.05, 3.63) is 60.2 Å². The first-order valence-electron chi connectivity index (χ1n) is 17.7. The number of nitrogens with two attached hydrogens (primary N) is 3. The minimum Gasteiger partial charge on any atom is -0.384 e. The van der Waals surface area contributed by atoms with Gasteiger partial charge in [-0.15, -0.1) is 0 Å². The second kappa shape index (κ2) is 17.9. The number of para-hydroxylation sites is 2. The van der Waals surface area contributed by atoms with Gasteiger partial charge in [0.25, 0.3) is 0 Å². The van der Waals surface area contributed by atoms with E-state index in [0.717, 1.165) is 138 Å². The highest BCUT2D eigenvalue weighted by Crippen LogP contribution is 2.30. The summed E-state index contributed by atoms with van der Waals surface area (Å²) in [6.45, 7) is 9.11. The fourth-order valence-electron chi connectivity index (χ4n) is 6.26. The SMILES string of the molecule is CCCNC(=S)NCCCCn1c(CCOC)nc2c(N)nc3ccccc3c21.CCc1nc2c(N)nc3ccccc3c2n1CCCCN. The van der Waals surface area contributed by atoms with Crippen molar-refractivity contribution in [2.75, 3.05) is 44.8 Å². The second-order valence-corrected chi connectivity index (χ2v) is 12.7. The van der Waals surface area contributed by atoms with Crippen LogP contribution < -0.4 is 27.8 Å². The van der Waals surface area contributed by atoms with Gasteiger partial charge in [0.05, 0.1) is 28.7 Å². The summed E-state index contributed by atoms with van der Waals surface area (Å²) in [5.74, 6) is 3.03. The molecule has 4 aromatic heterocycles. The van der Waals surface area contributed by atoms with Crippen LogP contribution in [0, 0.1) is 0 Å². The molecular formula is C37H51N11OS. The Morgan fingerprint density at radius 3 is 1.84 bits per heavy atom. The zero-order valence-corrected chi connectivity index (χ0v) is 30.4. The molecular weight excluding hydrogens is 647 g/mol. The van der Waals surface area contributed by atoms with Crippen LogP contribution in [0.15, 0.2) is 48.5 Å². The van der Waals surface area contributed by atoms with Crippen molar-refractivity contribution in [1.29, 1.82) is 0 Å². The summed E-state index contributed by atoms with van der Waals surface area (Å²) >= 11 is 5.28. The number of benzene rings is 2. The standard InChI is InChI=1S/C21H30N6OS.C16H21N5/c1-3-11-23-21(29)24-12-6-7-13-27-17(10-14-28-2)26-18-19(27)15-8-4-5-9-16(15)25-20(18)22;1-2-13-20-14-15(21(13)10-6-5-9-17)11-7-3-4-8-12(11)19-16(14)18/h4-5,8-9H,3,6-7,10-14H2,1-2H3,(H2,22,25)(H2,23,24,29);3-4,7-8H,2,5-6,9-10,17H2,1H3,(H2,18,19). The number of pyridine rings is 2. The van der Waals surface area contributed by atoms with E-state index < -0.39 is 0 Å². The van der Waals surface area contributed by atoms with Gasteiger partial charge in [-0.3, -0.25) is 0 Å². The van der Waals surface area contributed by atoms with Crippen LogP contribution in [0.25, 0.3) is 43.9 Å². The number of imidazole rings is 2. The molecule has 0 amide bonds. The highest BCUT2D eigenvalue weighted by molar-refractivity contribution is 7.80. The number of methoxy groups -OCH3 is 1. The quantitative estimate of drug-likeness (QED) is 0.0680. The lowest BCUT2D eigenvalue weighted by Gasteiger charge is -2.12. The van der Waals surface area contributed by atoms with E-state index in [4.69, 9.17) is 44.1 Å². The fraction of sp³-hybridized carbons (Fsp3) is 0.432. The zero-order valence-electron chi connectivity index (χ0n) is 29.5. The van der Waals surface area contributed by atoms with Gasteiger partial charge in [-0.25, -0.2) is 19.9 Å². The first kappa shape index (κ1) is 36.7. The van der Waals surface area contributed by atoms with Gasteiger partial charge in [-0.1, -0.05) is 50.2 Å². The predicted octanol–water partition coefficient (Wildman–Crippen LogP) is 5.48. The van der Waals surface area contributed by atoms with E-state index in [1.165, 1.54) is 0 Å². The third-order valence-electron chi connectivity index (χ3n) is 8.69. The number of aromatic nitrogens is 6. The predicted molar refractivity (Wildman–Crippen MR) is 210 cm³/mol. The number of ether oxygens (including phenoxy) is 1. The lowest BCUT2D eigenvalue weighted by Crippen LogP contribution is -2.36. The molecule has 0 saturated carbocycles. The molecule has 6 rings (SSSR count). The summed E-state index contributed by atoms with van der Waals surface area (Å²) in [5, 5.41) is 9.38. The summed E-state index contributed by atoms with van der Waals surface area (Å²) in [6, 6.07) is 16.2. The third-order valence-corrected chi connectivity index (χ3v) is 8.98. The monoisotopic (exact) mass is 697 g/mol. The Balaban J connectivity index is 0.000000204. The third kappa shape index (κ3) is 8.40. The molecule has 13 heteroatoms. The molecule has 0 aliphatic heterocycles. The summed E-state index contributed by atoms with van der Waals surface area (Å²) < 4.78 is 9.85. The Morgan fingerprint density at radius 1 is 0.740 bits per heavy atom. The van der Waals surface area contributed by atoms with Gasteiger partial charge in [-0.2, -0.15) is 0 Å². The molecule has 0 spiro atoms. The van der Waals surface area contributed by atoms with Gasteiger partial charge < -0.3 is 41.7 Å². The number of aryl methyl sites for hydroxylation is 3. The smallest absolute Gasteiger partial charge is 0.166 e. The van der Waals surface area contributed by atoms with E-state index in [1.54, 1.807) is 7.11 Å². The average Bonchev–Trinajstić information content (AvgIpc) is 3.70. The lowest BCUT2D eigenvalue weighted by atomic mass is 10.2. The maximum atomic E-state index is 6.23. The van der Waals surface area contributed by atoms with E-state index in [1.807, 2.05) is 36.4 Å². The topological polar surface area (TPSA) is 173 Å². The van der Waals surface area contributed by atoms with E-state index in [9.17, 15) is 0 Å². The molecule has 12 nitrogen and oxygen atoms in total. The van der Waals surface area contributed by atoms with Gasteiger partial charge in [0, 0.05) is 56.9 Å². The summed E-state index contributed by atoms with van der Waals surface area (Å²) in [5.41, 5.74) is 23.5. The van der Waals surface area contributed by atoms with Gasteiger partial charge in [0.2, 0.25) is 0 Å². The van der Waals surface area contributed by atoms with Crippen LogP contribution in [0.1, 0.15) is 57.6 Å². The Kier molecular flexibility index (Phi) is 13.1. The summed E-state index contributed by atoms with van der Waals surface area (Å²) in [7, 11) is 1.71. The number of thiocarbonyl (C=S) groups is 1. The molecule has 0 bridgehead atoms. The number of hydrogen-bond acceptors (Lipinski definition) is 9. The molecule has 0 aliphatic carbocycles. The highest BCUT2D eigenvalue weighted by Gasteiger charge is 2.18. The van der Waals surface area contributed by atoms with Crippen LogP contribution in [0.3, 0.4) is 0 Å². The molecule has 6 aromatic rings. The number of nitrogen functional groups attached to an aromatic ring is 2. The molecule has 0 aliphatic rings. The molecule has 50 heavy (non-hydrogen) atoms. The van der Waals surface area contributed by atoms with Crippen LogP contribution in [0.4, 0.5) is 11.6 Å². The second-order valence-electron chi connectivity index (χ2n) is 12.3. The maximum absolute atomic E-state index is 6.23. The summed E-state index contributed by atoms with van der Waals surface area (Å²) in [6.07, 6.45) is 6.76. The van der Waals surface area contributed by atoms with Gasteiger partial charge in [-0.05, 0) is 63.0 Å². The minimum atomic E-state index is 0.477. The Hall–Kier alpha value is -4.59. The largest absolute Gasteiger partial charge is 0.384 e. The van der Waals surface area contributed by atoms with Crippen molar-refractivity contribution >= 4 is 72.8 Å². The highest BCUT2D eigenvalue weighted by atomic mass is 32.1. The molecule has 4 heterocycles. The zero-order chi connectivity index (χ0) is 35.5. The minimum absolute atomic E-state index is 0.477. The Morgan fingerprint density at radius 2 is 1.28 bits per heavy atom. The fourth-order valence-corrected chi connectivity index (χ4v) is 6.46. The Bertz CT molecular complexity index is 2040. The van der Waals surface area contributed by atoms with Crippen LogP contribution >= 0.6 is 12.2 Å². The molecule has 0 saturated heterocycles. The van der Waals surface area contributed by atoms with Crippen molar-refractivity contribution in [2.24, 2.45) is 5.73 Å². The van der Waals surface area contributed by atoms with Crippen molar-refractivity contribution in [3.8, 4) is 0 Å². The molecule has 0 radical (unpaired) electrons. The van der Waals surface area contributed by atoms with Gasteiger partial charge in [0.1, 0.15) is 22.7 Å². The summed E-state index contributed by atoms with van der Waals surface area (Å²) in [4.78, 5) is 18.5. The van der Waals surface area contributed by atoms with E-state index >= 15 is 0 Å². The van der Waals surface area contributed by atoms with E-state index in [2.05, 4.69) is 55.7 Å².